The molecular formula is C21H29F3O4Si. The highest BCUT2D eigenvalue weighted by atomic mass is 28.4. The summed E-state index contributed by atoms with van der Waals surface area (Å²) in [5, 5.41) is 0.00125. The molecule has 4 nitrogen and oxygen atoms in total. The minimum absolute atomic E-state index is 0.00125. The van der Waals surface area contributed by atoms with Gasteiger partial charge in [-0.05, 0) is 41.9 Å². The molecule has 0 aromatic heterocycles. The molecule has 0 bridgehead atoms. The predicted octanol–water partition coefficient (Wildman–Crippen LogP) is 5.66. The van der Waals surface area contributed by atoms with Crippen molar-refractivity contribution in [1.29, 1.82) is 0 Å². The molecule has 1 aliphatic rings. The topological polar surface area (TPSA) is 44.8 Å². The number of halogens is 3. The fourth-order valence-corrected chi connectivity index (χ4v) is 3.66. The maximum atomic E-state index is 12.8. The zero-order chi connectivity index (χ0) is 22.0. The van der Waals surface area contributed by atoms with Gasteiger partial charge in [0, 0.05) is 6.92 Å². The maximum Gasteiger partial charge on any atom is 0.416 e. The SMILES string of the molecule is CC(=O)O[C@H]1C=C[C@@H](c2ccc(C(F)(F)F)cc2)O[C@@H]1CO[Si](C)(C)C(C)(C)C. The predicted molar refractivity (Wildman–Crippen MR) is 107 cm³/mol. The fraction of sp³-hybridized carbons (Fsp3) is 0.571. The highest BCUT2D eigenvalue weighted by Gasteiger charge is 2.39. The lowest BCUT2D eigenvalue weighted by Crippen LogP contribution is -2.46. The molecule has 1 heterocycles. The molecule has 162 valence electrons. The quantitative estimate of drug-likeness (QED) is 0.344. The molecule has 1 aromatic carbocycles. The summed E-state index contributed by atoms with van der Waals surface area (Å²) in [6, 6.07) is 4.86. The van der Waals surface area contributed by atoms with Crippen LogP contribution in [0.3, 0.4) is 0 Å². The van der Waals surface area contributed by atoms with Crippen LogP contribution >= 0.6 is 0 Å². The lowest BCUT2D eigenvalue weighted by molar-refractivity contribution is -0.156. The minimum Gasteiger partial charge on any atom is -0.455 e. The number of hydrogen-bond donors (Lipinski definition) is 0. The van der Waals surface area contributed by atoms with E-state index in [4.69, 9.17) is 13.9 Å². The van der Waals surface area contributed by atoms with Crippen LogP contribution in [0, 0.1) is 0 Å². The Morgan fingerprint density at radius 3 is 2.17 bits per heavy atom. The molecule has 0 unspecified atom stereocenters. The van der Waals surface area contributed by atoms with Gasteiger partial charge >= 0.3 is 12.1 Å². The summed E-state index contributed by atoms with van der Waals surface area (Å²) in [5.41, 5.74) is -0.121. The number of carbonyl (C=O) groups excluding carboxylic acids is 1. The number of rotatable bonds is 5. The molecule has 0 radical (unpaired) electrons. The second-order valence-corrected chi connectivity index (χ2v) is 13.6. The molecule has 8 heteroatoms. The molecular weight excluding hydrogens is 401 g/mol. The smallest absolute Gasteiger partial charge is 0.416 e. The summed E-state index contributed by atoms with van der Waals surface area (Å²) < 4.78 is 56.0. The van der Waals surface area contributed by atoms with E-state index in [1.807, 2.05) is 0 Å². The number of esters is 1. The van der Waals surface area contributed by atoms with Crippen molar-refractivity contribution in [3.05, 3.63) is 47.5 Å². The molecule has 3 atom stereocenters. The Morgan fingerprint density at radius 1 is 1.10 bits per heavy atom. The molecule has 0 N–H and O–H groups in total. The number of alkyl halides is 3. The van der Waals surface area contributed by atoms with Gasteiger partial charge in [-0.2, -0.15) is 13.2 Å². The lowest BCUT2D eigenvalue weighted by atomic mass is 10.0. The highest BCUT2D eigenvalue weighted by Crippen LogP contribution is 2.38. The van der Waals surface area contributed by atoms with Crippen LogP contribution in [0.1, 0.15) is 44.9 Å². The molecule has 1 aromatic rings. The monoisotopic (exact) mass is 430 g/mol. The molecule has 0 amide bonds. The zero-order valence-corrected chi connectivity index (χ0v) is 18.7. The molecule has 0 saturated carbocycles. The van der Waals surface area contributed by atoms with E-state index in [0.717, 1.165) is 12.1 Å². The summed E-state index contributed by atoms with van der Waals surface area (Å²) in [4.78, 5) is 11.5. The second-order valence-electron chi connectivity index (χ2n) is 8.75. The third-order valence-corrected chi connectivity index (χ3v) is 9.95. The van der Waals surface area contributed by atoms with E-state index in [-0.39, 0.29) is 11.6 Å². The van der Waals surface area contributed by atoms with Gasteiger partial charge in [0.25, 0.3) is 0 Å². The van der Waals surface area contributed by atoms with E-state index in [2.05, 4.69) is 33.9 Å². The van der Waals surface area contributed by atoms with Crippen LogP contribution in [0.4, 0.5) is 13.2 Å². The molecule has 0 saturated heterocycles. The third-order valence-electron chi connectivity index (χ3n) is 5.45. The standard InChI is InChI=1S/C21H29F3O4Si/c1-14(25)27-18-12-11-17(15-7-9-16(10-8-15)21(22,23)24)28-19(18)13-26-29(5,6)20(2,3)4/h7-12,17-19H,13H2,1-6H3/t17-,18-,19+/m0/s1. The number of hydrogen-bond acceptors (Lipinski definition) is 4. The lowest BCUT2D eigenvalue weighted by Gasteiger charge is -2.39. The Kier molecular flexibility index (Phi) is 7.02. The van der Waals surface area contributed by atoms with Crippen LogP contribution < -0.4 is 0 Å². The number of ether oxygens (including phenoxy) is 2. The van der Waals surface area contributed by atoms with Crippen molar-refractivity contribution in [3.8, 4) is 0 Å². The summed E-state index contributed by atoms with van der Waals surface area (Å²) in [6.07, 6.45) is -2.68. The van der Waals surface area contributed by atoms with E-state index in [1.165, 1.54) is 19.1 Å². The Morgan fingerprint density at radius 2 is 1.69 bits per heavy atom. The van der Waals surface area contributed by atoms with Crippen LogP contribution in [0.15, 0.2) is 36.4 Å². The van der Waals surface area contributed by atoms with Crippen LogP contribution in [0.5, 0.6) is 0 Å². The van der Waals surface area contributed by atoms with Gasteiger partial charge in [0.05, 0.1) is 12.2 Å². The van der Waals surface area contributed by atoms with Gasteiger partial charge < -0.3 is 13.9 Å². The van der Waals surface area contributed by atoms with Crippen molar-refractivity contribution in [2.75, 3.05) is 6.61 Å². The Hall–Kier alpha value is -1.64. The first-order valence-electron chi connectivity index (χ1n) is 9.53. The van der Waals surface area contributed by atoms with Crippen molar-refractivity contribution in [1.82, 2.24) is 0 Å². The van der Waals surface area contributed by atoms with E-state index >= 15 is 0 Å². The molecule has 0 aliphatic carbocycles. The zero-order valence-electron chi connectivity index (χ0n) is 17.7. The normalized spacial score (nSPS) is 23.1. The van der Waals surface area contributed by atoms with Gasteiger partial charge in [0.2, 0.25) is 0 Å². The Balaban J connectivity index is 2.18. The first-order valence-corrected chi connectivity index (χ1v) is 12.4. The van der Waals surface area contributed by atoms with E-state index in [9.17, 15) is 18.0 Å². The first kappa shape index (κ1) is 23.6. The van der Waals surface area contributed by atoms with Crippen molar-refractivity contribution < 1.29 is 31.9 Å². The summed E-state index contributed by atoms with van der Waals surface area (Å²) >= 11 is 0. The Bertz CT molecular complexity index is 736. The minimum atomic E-state index is -4.39. The second kappa shape index (κ2) is 8.61. The van der Waals surface area contributed by atoms with Crippen molar-refractivity contribution in [3.63, 3.8) is 0 Å². The Labute approximate surface area is 171 Å². The van der Waals surface area contributed by atoms with Gasteiger partial charge in [-0.3, -0.25) is 4.79 Å². The van der Waals surface area contributed by atoms with Crippen molar-refractivity contribution in [2.45, 2.75) is 70.3 Å². The largest absolute Gasteiger partial charge is 0.455 e. The van der Waals surface area contributed by atoms with Crippen LogP contribution in [0.25, 0.3) is 0 Å². The fourth-order valence-electron chi connectivity index (χ4n) is 2.64. The van der Waals surface area contributed by atoms with E-state index in [1.54, 1.807) is 12.2 Å². The molecule has 0 fully saturated rings. The molecule has 29 heavy (non-hydrogen) atoms. The summed E-state index contributed by atoms with van der Waals surface area (Å²) in [6.45, 7) is 12.1. The summed E-state index contributed by atoms with van der Waals surface area (Å²) in [7, 11) is -2.06. The van der Waals surface area contributed by atoms with Gasteiger partial charge in [0.1, 0.15) is 18.3 Å². The van der Waals surface area contributed by atoms with Gasteiger partial charge in [0.15, 0.2) is 8.32 Å². The number of benzene rings is 1. The summed E-state index contributed by atoms with van der Waals surface area (Å²) in [5.74, 6) is -0.437. The van der Waals surface area contributed by atoms with Gasteiger partial charge in [-0.1, -0.05) is 39.0 Å². The third kappa shape index (κ3) is 6.17. The van der Waals surface area contributed by atoms with Gasteiger partial charge in [-0.15, -0.1) is 0 Å². The average Bonchev–Trinajstić information content (AvgIpc) is 2.59. The molecule has 1 aliphatic heterocycles. The molecule has 0 spiro atoms. The van der Waals surface area contributed by atoms with Crippen LogP contribution in [0.2, 0.25) is 18.1 Å². The average molecular weight is 431 g/mol. The number of carbonyl (C=O) groups is 1. The van der Waals surface area contributed by atoms with Crippen LogP contribution in [-0.4, -0.2) is 33.1 Å². The maximum absolute atomic E-state index is 12.8. The van der Waals surface area contributed by atoms with Gasteiger partial charge in [-0.25, -0.2) is 0 Å². The van der Waals surface area contributed by atoms with E-state index in [0.29, 0.717) is 5.56 Å². The van der Waals surface area contributed by atoms with Crippen molar-refractivity contribution in [2.24, 2.45) is 0 Å². The molecule has 2 rings (SSSR count). The van der Waals surface area contributed by atoms with Crippen LogP contribution in [-0.2, 0) is 24.9 Å². The van der Waals surface area contributed by atoms with Crippen molar-refractivity contribution >= 4 is 14.3 Å². The highest BCUT2D eigenvalue weighted by molar-refractivity contribution is 6.74. The van der Waals surface area contributed by atoms with E-state index < -0.39 is 44.3 Å². The first-order chi connectivity index (χ1) is 13.2.